The predicted octanol–water partition coefficient (Wildman–Crippen LogP) is 0.672. The van der Waals surface area contributed by atoms with Gasteiger partial charge in [-0.25, -0.2) is 9.55 Å². The second-order valence-electron chi connectivity index (χ2n) is 2.70. The van der Waals surface area contributed by atoms with E-state index in [2.05, 4.69) is 17.1 Å². The molecule has 0 spiro atoms. The first-order valence-electron chi connectivity index (χ1n) is 4.18. The lowest BCUT2D eigenvalue weighted by atomic mass is 10.3. The molecule has 0 bridgehead atoms. The highest BCUT2D eigenvalue weighted by molar-refractivity contribution is 4.88. The molecule has 0 amide bonds. The Labute approximate surface area is 77.0 Å². The summed E-state index contributed by atoms with van der Waals surface area (Å²) in [5.74, 6) is 0.903. The van der Waals surface area contributed by atoms with E-state index in [1.807, 2.05) is 10.8 Å². The normalized spacial score (nSPS) is 9.08. The molecule has 0 fully saturated rings. The smallest absolute Gasteiger partial charge is 0.247 e. The van der Waals surface area contributed by atoms with Crippen molar-refractivity contribution in [1.82, 2.24) is 4.98 Å². The number of nitriles is 2. The first-order valence-corrected chi connectivity index (χ1v) is 4.18. The summed E-state index contributed by atoms with van der Waals surface area (Å²) in [6, 6.07) is 4.18. The van der Waals surface area contributed by atoms with Crippen LogP contribution in [0.2, 0.25) is 0 Å². The number of rotatable bonds is 4. The minimum Gasteiger partial charge on any atom is -0.247 e. The van der Waals surface area contributed by atoms with Gasteiger partial charge in [0.25, 0.3) is 5.82 Å². The van der Waals surface area contributed by atoms with Crippen LogP contribution in [0, 0.1) is 22.7 Å². The van der Waals surface area contributed by atoms with Crippen LogP contribution in [-0.2, 0) is 13.0 Å². The van der Waals surface area contributed by atoms with Gasteiger partial charge in [-0.15, -0.1) is 0 Å². The number of imidazole rings is 1. The largest absolute Gasteiger partial charge is 0.268 e. The van der Waals surface area contributed by atoms with E-state index >= 15 is 0 Å². The molecule has 66 valence electrons. The zero-order valence-corrected chi connectivity index (χ0v) is 7.32. The lowest BCUT2D eigenvalue weighted by Gasteiger charge is -1.94. The number of aromatic amines is 1. The van der Waals surface area contributed by atoms with Gasteiger partial charge in [-0.05, 0) is 6.42 Å². The van der Waals surface area contributed by atoms with Gasteiger partial charge in [-0.2, -0.15) is 10.5 Å². The SMILES string of the molecule is N#CCCC[n+]1cc[nH]c1CC#N. The Morgan fingerprint density at radius 2 is 2.23 bits per heavy atom. The number of aromatic nitrogens is 2. The molecule has 1 aromatic rings. The van der Waals surface area contributed by atoms with E-state index in [0.717, 1.165) is 18.8 Å². The minimum atomic E-state index is 0.388. The molecule has 1 rings (SSSR count). The van der Waals surface area contributed by atoms with Crippen molar-refractivity contribution in [3.63, 3.8) is 0 Å². The third-order valence-electron chi connectivity index (χ3n) is 1.79. The van der Waals surface area contributed by atoms with E-state index in [4.69, 9.17) is 10.5 Å². The van der Waals surface area contributed by atoms with Gasteiger partial charge in [-0.1, -0.05) is 0 Å². The van der Waals surface area contributed by atoms with Gasteiger partial charge in [0.15, 0.2) is 0 Å². The summed E-state index contributed by atoms with van der Waals surface area (Å²) in [7, 11) is 0. The molecule has 0 radical (unpaired) electrons. The molecule has 4 nitrogen and oxygen atoms in total. The number of H-pyrrole nitrogens is 1. The van der Waals surface area contributed by atoms with Crippen molar-refractivity contribution in [2.45, 2.75) is 25.8 Å². The minimum absolute atomic E-state index is 0.388. The van der Waals surface area contributed by atoms with Gasteiger partial charge in [-0.3, -0.25) is 0 Å². The third kappa shape index (κ3) is 2.61. The topological polar surface area (TPSA) is 67.2 Å². The van der Waals surface area contributed by atoms with Crippen molar-refractivity contribution in [3.8, 4) is 12.1 Å². The van der Waals surface area contributed by atoms with Crippen LogP contribution in [0.25, 0.3) is 0 Å². The fourth-order valence-electron chi connectivity index (χ4n) is 1.16. The van der Waals surface area contributed by atoms with Crippen LogP contribution in [0.3, 0.4) is 0 Å². The lowest BCUT2D eigenvalue weighted by molar-refractivity contribution is -0.702. The summed E-state index contributed by atoms with van der Waals surface area (Å²) in [4.78, 5) is 2.99. The maximum absolute atomic E-state index is 8.50. The van der Waals surface area contributed by atoms with Crippen LogP contribution < -0.4 is 4.57 Å². The quantitative estimate of drug-likeness (QED) is 0.540. The van der Waals surface area contributed by atoms with Crippen LogP contribution >= 0.6 is 0 Å². The molecule has 0 atom stereocenters. The fraction of sp³-hybridized carbons (Fsp3) is 0.444. The van der Waals surface area contributed by atoms with Crippen molar-refractivity contribution in [3.05, 3.63) is 18.2 Å². The monoisotopic (exact) mass is 175 g/mol. The molecule has 1 N–H and O–H groups in total. The summed E-state index contributed by atoms with van der Waals surface area (Å²) < 4.78 is 1.97. The summed E-state index contributed by atoms with van der Waals surface area (Å²) in [6.45, 7) is 0.800. The van der Waals surface area contributed by atoms with Crippen LogP contribution in [0.5, 0.6) is 0 Å². The van der Waals surface area contributed by atoms with Crippen LogP contribution in [0.15, 0.2) is 12.4 Å². The predicted molar refractivity (Wildman–Crippen MR) is 45.2 cm³/mol. The average Bonchev–Trinajstić information content (AvgIpc) is 2.54. The Hall–Kier alpha value is -1.81. The maximum atomic E-state index is 8.50. The molecule has 0 saturated heterocycles. The van der Waals surface area contributed by atoms with Gasteiger partial charge in [0, 0.05) is 6.42 Å². The van der Waals surface area contributed by atoms with Crippen LogP contribution in [-0.4, -0.2) is 4.98 Å². The molecular formula is C9H11N4+. The van der Waals surface area contributed by atoms with Crippen molar-refractivity contribution >= 4 is 0 Å². The van der Waals surface area contributed by atoms with Crippen molar-refractivity contribution in [1.29, 1.82) is 10.5 Å². The highest BCUT2D eigenvalue weighted by Gasteiger charge is 2.08. The van der Waals surface area contributed by atoms with Crippen molar-refractivity contribution in [2.75, 3.05) is 0 Å². The number of unbranched alkanes of at least 4 members (excludes halogenated alkanes) is 1. The molecule has 0 aliphatic rings. The number of nitrogens with zero attached hydrogens (tertiary/aromatic N) is 3. The molecule has 1 aromatic heterocycles. The number of hydrogen-bond acceptors (Lipinski definition) is 2. The van der Waals surface area contributed by atoms with Crippen molar-refractivity contribution < 1.29 is 4.57 Å². The Kier molecular flexibility index (Phi) is 3.53. The molecule has 4 heteroatoms. The summed E-state index contributed by atoms with van der Waals surface area (Å²) in [5, 5.41) is 16.8. The Morgan fingerprint density at radius 1 is 1.38 bits per heavy atom. The van der Waals surface area contributed by atoms with Gasteiger partial charge in [0.05, 0.1) is 18.7 Å². The van der Waals surface area contributed by atoms with Gasteiger partial charge in [0.1, 0.15) is 18.8 Å². The first kappa shape index (κ1) is 9.28. The zero-order chi connectivity index (χ0) is 9.52. The zero-order valence-electron chi connectivity index (χ0n) is 7.32. The van der Waals surface area contributed by atoms with E-state index in [-0.39, 0.29) is 0 Å². The molecule has 0 aromatic carbocycles. The molecule has 1 heterocycles. The number of aryl methyl sites for hydroxylation is 1. The molecular weight excluding hydrogens is 164 g/mol. The first-order chi connectivity index (χ1) is 6.38. The number of hydrogen-bond donors (Lipinski definition) is 1. The molecule has 0 aliphatic heterocycles. The molecule has 0 saturated carbocycles. The third-order valence-corrected chi connectivity index (χ3v) is 1.79. The highest BCUT2D eigenvalue weighted by Crippen LogP contribution is 1.91. The Bertz CT molecular complexity index is 339. The highest BCUT2D eigenvalue weighted by atomic mass is 15.1. The number of nitrogens with one attached hydrogen (secondary N) is 1. The second kappa shape index (κ2) is 4.95. The van der Waals surface area contributed by atoms with E-state index in [9.17, 15) is 0 Å². The standard InChI is InChI=1S/C9H10N4/c10-4-1-2-7-13-8-6-12-9(13)3-5-11/h6,8H,1-3,7H2/p+1. The van der Waals surface area contributed by atoms with Crippen molar-refractivity contribution in [2.24, 2.45) is 0 Å². The molecule has 0 unspecified atom stereocenters. The summed E-state index contributed by atoms with van der Waals surface area (Å²) in [5.41, 5.74) is 0. The van der Waals surface area contributed by atoms with Crippen LogP contribution in [0.1, 0.15) is 18.7 Å². The Morgan fingerprint density at radius 3 is 2.92 bits per heavy atom. The fourth-order valence-corrected chi connectivity index (χ4v) is 1.16. The van der Waals surface area contributed by atoms with E-state index in [1.54, 1.807) is 6.20 Å². The second-order valence-corrected chi connectivity index (χ2v) is 2.70. The van der Waals surface area contributed by atoms with E-state index < -0.39 is 0 Å². The van der Waals surface area contributed by atoms with Gasteiger partial charge in [0.2, 0.25) is 0 Å². The molecule has 13 heavy (non-hydrogen) atoms. The van der Waals surface area contributed by atoms with E-state index in [1.165, 1.54) is 0 Å². The summed E-state index contributed by atoms with van der Waals surface area (Å²) in [6.07, 6.45) is 5.48. The van der Waals surface area contributed by atoms with Gasteiger partial charge < -0.3 is 0 Å². The summed E-state index contributed by atoms with van der Waals surface area (Å²) >= 11 is 0. The average molecular weight is 175 g/mol. The van der Waals surface area contributed by atoms with Gasteiger partial charge >= 0.3 is 0 Å². The molecule has 0 aliphatic carbocycles. The lowest BCUT2D eigenvalue weighted by Crippen LogP contribution is -2.35. The van der Waals surface area contributed by atoms with Crippen LogP contribution in [0.4, 0.5) is 0 Å². The maximum Gasteiger partial charge on any atom is 0.268 e. The Balaban J connectivity index is 2.52. The van der Waals surface area contributed by atoms with E-state index in [0.29, 0.717) is 12.8 Å².